The predicted octanol–water partition coefficient (Wildman–Crippen LogP) is 4.27. The first kappa shape index (κ1) is 19.2. The Balaban J connectivity index is 1.46. The number of carbonyl (C=O) groups is 1. The van der Waals surface area contributed by atoms with E-state index in [9.17, 15) is 31.9 Å². The van der Waals surface area contributed by atoms with Gasteiger partial charge in [-0.05, 0) is 68.6 Å². The Bertz CT molecular complexity index is 723. The molecule has 0 bridgehead atoms. The molecule has 1 aliphatic heterocycles. The van der Waals surface area contributed by atoms with Crippen LogP contribution in [0.2, 0.25) is 0 Å². The van der Waals surface area contributed by atoms with Gasteiger partial charge in [0.25, 0.3) is 0 Å². The van der Waals surface area contributed by atoms with Gasteiger partial charge in [-0.3, -0.25) is 4.79 Å². The normalized spacial score (nSPS) is 53.1. The summed E-state index contributed by atoms with van der Waals surface area (Å²) in [6, 6.07) is 0. The lowest BCUT2D eigenvalue weighted by atomic mass is 9.48. The number of fused-ring (bicyclic) bond motifs is 4. The lowest BCUT2D eigenvalue weighted by Crippen LogP contribution is -2.65. The number of hydrogen-bond acceptors (Lipinski definition) is 3. The Kier molecular flexibility index (Phi) is 3.63. The Hall–Kier alpha value is -0.760. The molecule has 4 saturated carbocycles. The molecular weight excluding hydrogens is 383 g/mol. The molecule has 0 aromatic heterocycles. The molecule has 3 nitrogen and oxygen atoms in total. The first-order valence-corrected chi connectivity index (χ1v) is 10.3. The van der Waals surface area contributed by atoms with Gasteiger partial charge in [-0.1, -0.05) is 6.92 Å². The summed E-state index contributed by atoms with van der Waals surface area (Å²) in [5.41, 5.74) is -4.94. The van der Waals surface area contributed by atoms with E-state index < -0.39 is 35.1 Å². The van der Waals surface area contributed by atoms with Gasteiger partial charge in [0.15, 0.2) is 5.78 Å². The van der Waals surface area contributed by atoms with Gasteiger partial charge in [0.2, 0.25) is 0 Å². The third-order valence-corrected chi connectivity index (χ3v) is 9.25. The maximum Gasteiger partial charge on any atom is 0.456 e. The van der Waals surface area contributed by atoms with Crippen molar-refractivity contribution in [3.63, 3.8) is 0 Å². The average Bonchev–Trinajstić information content (AvgIpc) is 3.27. The van der Waals surface area contributed by atoms with E-state index in [1.165, 1.54) is 6.92 Å². The minimum absolute atomic E-state index is 0.00508. The lowest BCUT2D eigenvalue weighted by molar-refractivity contribution is -0.363. The summed E-state index contributed by atoms with van der Waals surface area (Å²) >= 11 is 0. The van der Waals surface area contributed by atoms with Crippen molar-refractivity contribution in [2.75, 3.05) is 0 Å². The molecule has 0 radical (unpaired) electrons. The average molecular weight is 408 g/mol. The van der Waals surface area contributed by atoms with Crippen molar-refractivity contribution in [2.45, 2.75) is 87.7 Å². The van der Waals surface area contributed by atoms with Crippen molar-refractivity contribution in [3.8, 4) is 0 Å². The number of rotatable bonds is 1. The second-order valence-electron chi connectivity index (χ2n) is 9.96. The lowest BCUT2D eigenvalue weighted by Gasteiger charge is -2.57. The number of ketones is 1. The molecule has 158 valence electrons. The number of hydrogen-bond donors (Lipinski definition) is 1. The van der Waals surface area contributed by atoms with E-state index in [0.717, 1.165) is 0 Å². The number of ether oxygens (including phenoxy) is 1. The minimum Gasteiger partial charge on any atom is -0.383 e. The summed E-state index contributed by atoms with van der Waals surface area (Å²) in [5.74, 6) is -5.01. The van der Waals surface area contributed by atoms with Crippen LogP contribution in [0.4, 0.5) is 22.0 Å². The van der Waals surface area contributed by atoms with Crippen LogP contribution >= 0.6 is 0 Å². The standard InChI is InChI=1S/C20H25F5O3/c1-16-7-4-11-10(5-8-17-13(11)2-3-14(26)15(17)28-17)12(16)6-9-18(16,27)19(21,22)20(23,24)25/h10-13,15,27H,2-9H2,1H3/t10-,11+,12+,13-,15?,16+,17?,18?/m1/s1. The minimum atomic E-state index is -5.77. The zero-order chi connectivity index (χ0) is 20.3. The van der Waals surface area contributed by atoms with Crippen molar-refractivity contribution in [1.29, 1.82) is 0 Å². The molecule has 28 heavy (non-hydrogen) atoms. The van der Waals surface area contributed by atoms with Crippen LogP contribution < -0.4 is 0 Å². The van der Waals surface area contributed by atoms with Crippen molar-refractivity contribution in [1.82, 2.24) is 0 Å². The first-order chi connectivity index (χ1) is 12.9. The van der Waals surface area contributed by atoms with E-state index >= 15 is 0 Å². The fraction of sp³-hybridized carbons (Fsp3) is 0.950. The fourth-order valence-corrected chi connectivity index (χ4v) is 7.82. The molecule has 5 fully saturated rings. The number of epoxide rings is 1. The fourth-order valence-electron chi connectivity index (χ4n) is 7.82. The van der Waals surface area contributed by atoms with E-state index in [-0.39, 0.29) is 48.4 Å². The van der Waals surface area contributed by atoms with Crippen molar-refractivity contribution >= 4 is 5.78 Å². The van der Waals surface area contributed by atoms with Gasteiger partial charge in [-0.25, -0.2) is 0 Å². The molecule has 8 atom stereocenters. The summed E-state index contributed by atoms with van der Waals surface area (Å²) in [4.78, 5) is 12.0. The molecule has 0 aromatic rings. The number of halogens is 5. The van der Waals surface area contributed by atoms with Gasteiger partial charge in [-0.2, -0.15) is 22.0 Å². The zero-order valence-electron chi connectivity index (χ0n) is 15.7. The third-order valence-electron chi connectivity index (χ3n) is 9.25. The van der Waals surface area contributed by atoms with E-state index in [2.05, 4.69) is 0 Å². The van der Waals surface area contributed by atoms with Crippen LogP contribution in [0.15, 0.2) is 0 Å². The van der Waals surface area contributed by atoms with Gasteiger partial charge in [0, 0.05) is 11.8 Å². The molecule has 3 unspecified atom stereocenters. The highest BCUT2D eigenvalue weighted by molar-refractivity contribution is 5.88. The quantitative estimate of drug-likeness (QED) is 0.521. The van der Waals surface area contributed by atoms with Crippen molar-refractivity contribution in [3.05, 3.63) is 0 Å². The first-order valence-electron chi connectivity index (χ1n) is 10.3. The highest BCUT2D eigenvalue weighted by Crippen LogP contribution is 2.71. The SMILES string of the molecule is C[C@]12CC[C@H]3[C@@H](CCC45OC4C(=O)CC[C@H]35)[C@@H]1CCC2(O)C(F)(F)C(F)(F)F. The highest BCUT2D eigenvalue weighted by atomic mass is 19.4. The smallest absolute Gasteiger partial charge is 0.383 e. The summed E-state index contributed by atoms with van der Waals surface area (Å²) < 4.78 is 74.1. The molecule has 1 spiro atoms. The molecule has 1 saturated heterocycles. The summed E-state index contributed by atoms with van der Waals surface area (Å²) in [6.07, 6.45) is -3.31. The molecule has 0 aromatic carbocycles. The van der Waals surface area contributed by atoms with Gasteiger partial charge in [-0.15, -0.1) is 0 Å². The van der Waals surface area contributed by atoms with Gasteiger partial charge in [0.05, 0.1) is 0 Å². The Morgan fingerprint density at radius 2 is 1.61 bits per heavy atom. The number of carbonyl (C=O) groups excluding carboxylic acids is 1. The largest absolute Gasteiger partial charge is 0.456 e. The summed E-state index contributed by atoms with van der Waals surface area (Å²) in [7, 11) is 0. The van der Waals surface area contributed by atoms with Crippen LogP contribution in [-0.4, -0.2) is 40.3 Å². The van der Waals surface area contributed by atoms with Crippen LogP contribution in [-0.2, 0) is 9.53 Å². The summed E-state index contributed by atoms with van der Waals surface area (Å²) in [5, 5.41) is 10.8. The van der Waals surface area contributed by atoms with Crippen LogP contribution in [0.3, 0.4) is 0 Å². The third kappa shape index (κ3) is 1.99. The summed E-state index contributed by atoms with van der Waals surface area (Å²) in [6.45, 7) is 1.44. The van der Waals surface area contributed by atoms with Crippen LogP contribution in [0, 0.1) is 29.1 Å². The van der Waals surface area contributed by atoms with E-state index in [0.29, 0.717) is 32.1 Å². The van der Waals surface area contributed by atoms with Crippen molar-refractivity contribution < 1.29 is 36.6 Å². The molecule has 4 aliphatic carbocycles. The van der Waals surface area contributed by atoms with Crippen LogP contribution in [0.25, 0.3) is 0 Å². The molecule has 8 heteroatoms. The van der Waals surface area contributed by atoms with Crippen LogP contribution in [0.5, 0.6) is 0 Å². The van der Waals surface area contributed by atoms with Gasteiger partial charge in [0.1, 0.15) is 17.3 Å². The van der Waals surface area contributed by atoms with Crippen LogP contribution in [0.1, 0.15) is 58.3 Å². The Labute approximate surface area is 160 Å². The number of aliphatic hydroxyl groups is 1. The molecule has 5 aliphatic rings. The molecule has 0 amide bonds. The number of alkyl halides is 5. The highest BCUT2D eigenvalue weighted by Gasteiger charge is 2.80. The number of Topliss-reactive ketones (excluding diaryl/α,β-unsaturated/α-hetero) is 1. The van der Waals surface area contributed by atoms with E-state index in [1.54, 1.807) is 0 Å². The van der Waals surface area contributed by atoms with E-state index in [1.807, 2.05) is 0 Å². The second kappa shape index (κ2) is 5.29. The molecule has 1 heterocycles. The predicted molar refractivity (Wildman–Crippen MR) is 87.6 cm³/mol. The molecule has 1 N–H and O–H groups in total. The van der Waals surface area contributed by atoms with Crippen molar-refractivity contribution in [2.24, 2.45) is 29.1 Å². The molecule has 5 rings (SSSR count). The van der Waals surface area contributed by atoms with Gasteiger partial charge >= 0.3 is 12.1 Å². The maximum atomic E-state index is 14.4. The maximum absolute atomic E-state index is 14.4. The second-order valence-corrected chi connectivity index (χ2v) is 9.96. The Morgan fingerprint density at radius 3 is 2.29 bits per heavy atom. The Morgan fingerprint density at radius 1 is 0.964 bits per heavy atom. The zero-order valence-corrected chi connectivity index (χ0v) is 15.7. The topological polar surface area (TPSA) is 49.8 Å². The molecular formula is C20H25F5O3. The van der Waals surface area contributed by atoms with E-state index in [4.69, 9.17) is 4.74 Å². The van der Waals surface area contributed by atoms with Gasteiger partial charge < -0.3 is 9.84 Å². The monoisotopic (exact) mass is 408 g/mol.